The predicted octanol–water partition coefficient (Wildman–Crippen LogP) is 0.559. The first-order chi connectivity index (χ1) is 8.24. The Balaban J connectivity index is 1.61. The second-order valence-corrected chi connectivity index (χ2v) is 5.09. The van der Waals surface area contributed by atoms with E-state index in [9.17, 15) is 4.79 Å². The Bertz CT molecular complexity index is 254. The van der Waals surface area contributed by atoms with Crippen molar-refractivity contribution < 1.29 is 9.53 Å². The highest BCUT2D eigenvalue weighted by Gasteiger charge is 2.20. The minimum atomic E-state index is -0.0475. The van der Waals surface area contributed by atoms with E-state index in [2.05, 4.69) is 22.6 Å². The maximum atomic E-state index is 11.6. The molecule has 1 atom stereocenters. The van der Waals surface area contributed by atoms with Crippen LogP contribution >= 0.6 is 0 Å². The largest absolute Gasteiger partial charge is 0.374 e. The lowest BCUT2D eigenvalue weighted by Crippen LogP contribution is -2.49. The lowest BCUT2D eigenvalue weighted by atomic mass is 10.2. The maximum Gasteiger partial charge on any atom is 0.315 e. The number of carbonyl (C=O) groups is 1. The van der Waals surface area contributed by atoms with Crippen LogP contribution in [0.2, 0.25) is 0 Å². The Morgan fingerprint density at radius 1 is 1.41 bits per heavy atom. The number of ether oxygens (including phenoxy) is 1. The molecule has 0 spiro atoms. The lowest BCUT2D eigenvalue weighted by molar-refractivity contribution is -0.0168. The summed E-state index contributed by atoms with van der Waals surface area (Å²) >= 11 is 0. The van der Waals surface area contributed by atoms with E-state index in [4.69, 9.17) is 4.74 Å². The number of amides is 2. The van der Waals surface area contributed by atoms with Crippen LogP contribution in [0.4, 0.5) is 4.79 Å². The fraction of sp³-hybridized carbons (Fsp3) is 0.917. The second kappa shape index (κ2) is 6.21. The molecule has 5 nitrogen and oxygen atoms in total. The number of morpholine rings is 1. The summed E-state index contributed by atoms with van der Waals surface area (Å²) in [4.78, 5) is 13.9. The van der Waals surface area contributed by atoms with E-state index in [1.165, 1.54) is 12.8 Å². The number of likely N-dealkylation sites (N-methyl/N-ethyl adjacent to an activating group) is 1. The third kappa shape index (κ3) is 4.16. The number of rotatable bonds is 3. The Labute approximate surface area is 103 Å². The maximum absolute atomic E-state index is 11.6. The molecule has 1 aliphatic heterocycles. The SMILES string of the molecule is CN1CCOC(CNC(=O)NC2CCCC2)C1. The fourth-order valence-electron chi connectivity index (χ4n) is 2.50. The van der Waals surface area contributed by atoms with Crippen LogP contribution in [0.25, 0.3) is 0 Å². The van der Waals surface area contributed by atoms with Gasteiger partial charge >= 0.3 is 6.03 Å². The molecule has 2 fully saturated rings. The molecular formula is C12H23N3O2. The Morgan fingerprint density at radius 2 is 2.18 bits per heavy atom. The van der Waals surface area contributed by atoms with Crippen molar-refractivity contribution in [3.63, 3.8) is 0 Å². The molecule has 98 valence electrons. The first-order valence-corrected chi connectivity index (χ1v) is 6.58. The van der Waals surface area contributed by atoms with E-state index in [0.717, 1.165) is 32.5 Å². The van der Waals surface area contributed by atoms with Gasteiger partial charge in [-0.1, -0.05) is 12.8 Å². The van der Waals surface area contributed by atoms with Gasteiger partial charge < -0.3 is 20.3 Å². The summed E-state index contributed by atoms with van der Waals surface area (Å²) in [6.07, 6.45) is 4.85. The zero-order valence-corrected chi connectivity index (χ0v) is 10.6. The molecule has 1 saturated carbocycles. The topological polar surface area (TPSA) is 53.6 Å². The molecule has 0 aromatic heterocycles. The van der Waals surface area contributed by atoms with Gasteiger partial charge in [-0.15, -0.1) is 0 Å². The molecule has 2 rings (SSSR count). The minimum Gasteiger partial charge on any atom is -0.374 e. The average molecular weight is 241 g/mol. The van der Waals surface area contributed by atoms with Gasteiger partial charge in [-0.05, 0) is 19.9 Å². The molecule has 1 heterocycles. The molecule has 0 aromatic carbocycles. The zero-order chi connectivity index (χ0) is 12.1. The summed E-state index contributed by atoms with van der Waals surface area (Å²) in [6.45, 7) is 3.23. The van der Waals surface area contributed by atoms with E-state index < -0.39 is 0 Å². The van der Waals surface area contributed by atoms with E-state index in [-0.39, 0.29) is 12.1 Å². The van der Waals surface area contributed by atoms with Gasteiger partial charge in [0.25, 0.3) is 0 Å². The van der Waals surface area contributed by atoms with Crippen LogP contribution in [-0.2, 0) is 4.74 Å². The second-order valence-electron chi connectivity index (χ2n) is 5.09. The molecule has 2 N–H and O–H groups in total. The summed E-state index contributed by atoms with van der Waals surface area (Å²) in [5.41, 5.74) is 0. The number of nitrogens with one attached hydrogen (secondary N) is 2. The molecule has 0 aromatic rings. The predicted molar refractivity (Wildman–Crippen MR) is 66.0 cm³/mol. The van der Waals surface area contributed by atoms with Gasteiger partial charge in [0.15, 0.2) is 0 Å². The number of hydrogen-bond acceptors (Lipinski definition) is 3. The van der Waals surface area contributed by atoms with Gasteiger partial charge in [0.2, 0.25) is 0 Å². The third-order valence-corrected chi connectivity index (χ3v) is 3.52. The summed E-state index contributed by atoms with van der Waals surface area (Å²) in [5, 5.41) is 5.91. The Kier molecular flexibility index (Phi) is 4.62. The molecule has 1 aliphatic carbocycles. The van der Waals surface area contributed by atoms with Crippen molar-refractivity contribution in [1.82, 2.24) is 15.5 Å². The van der Waals surface area contributed by atoms with Crippen molar-refractivity contribution in [1.29, 1.82) is 0 Å². The van der Waals surface area contributed by atoms with E-state index in [0.29, 0.717) is 12.6 Å². The van der Waals surface area contributed by atoms with Crippen molar-refractivity contribution in [3.8, 4) is 0 Å². The number of hydrogen-bond donors (Lipinski definition) is 2. The van der Waals surface area contributed by atoms with Crippen molar-refractivity contribution in [2.24, 2.45) is 0 Å². The molecule has 2 aliphatic rings. The lowest BCUT2D eigenvalue weighted by Gasteiger charge is -2.30. The standard InChI is InChI=1S/C12H23N3O2/c1-15-6-7-17-11(9-15)8-13-12(16)14-10-4-2-3-5-10/h10-11H,2-9H2,1H3,(H2,13,14,16). The smallest absolute Gasteiger partial charge is 0.315 e. The van der Waals surface area contributed by atoms with E-state index in [1.807, 2.05) is 0 Å². The average Bonchev–Trinajstić information content (AvgIpc) is 2.79. The highest BCUT2D eigenvalue weighted by atomic mass is 16.5. The summed E-state index contributed by atoms with van der Waals surface area (Å²) < 4.78 is 5.58. The molecule has 0 bridgehead atoms. The van der Waals surface area contributed by atoms with Crippen molar-refractivity contribution in [2.45, 2.75) is 37.8 Å². The van der Waals surface area contributed by atoms with Gasteiger partial charge in [0, 0.05) is 25.7 Å². The summed E-state index contributed by atoms with van der Waals surface area (Å²) in [7, 11) is 2.08. The van der Waals surface area contributed by atoms with Gasteiger partial charge in [-0.2, -0.15) is 0 Å². The molecular weight excluding hydrogens is 218 g/mol. The first-order valence-electron chi connectivity index (χ1n) is 6.58. The van der Waals surface area contributed by atoms with Crippen LogP contribution in [-0.4, -0.2) is 56.4 Å². The molecule has 1 saturated heterocycles. The van der Waals surface area contributed by atoms with Crippen LogP contribution in [0.1, 0.15) is 25.7 Å². The van der Waals surface area contributed by atoms with E-state index in [1.54, 1.807) is 0 Å². The van der Waals surface area contributed by atoms with Crippen LogP contribution < -0.4 is 10.6 Å². The van der Waals surface area contributed by atoms with Crippen LogP contribution in [0.5, 0.6) is 0 Å². The van der Waals surface area contributed by atoms with Crippen molar-refractivity contribution in [2.75, 3.05) is 33.3 Å². The van der Waals surface area contributed by atoms with Gasteiger partial charge in [0.1, 0.15) is 0 Å². The monoisotopic (exact) mass is 241 g/mol. The van der Waals surface area contributed by atoms with Gasteiger partial charge in [0.05, 0.1) is 12.7 Å². The van der Waals surface area contributed by atoms with E-state index >= 15 is 0 Å². The molecule has 5 heteroatoms. The summed E-state index contributed by atoms with van der Waals surface area (Å²) in [6, 6.07) is 0.332. The number of nitrogens with zero attached hydrogens (tertiary/aromatic N) is 1. The first kappa shape index (κ1) is 12.6. The normalized spacial score (nSPS) is 27.0. The quantitative estimate of drug-likeness (QED) is 0.759. The molecule has 17 heavy (non-hydrogen) atoms. The van der Waals surface area contributed by atoms with Crippen LogP contribution in [0, 0.1) is 0 Å². The van der Waals surface area contributed by atoms with Crippen molar-refractivity contribution in [3.05, 3.63) is 0 Å². The zero-order valence-electron chi connectivity index (χ0n) is 10.6. The Morgan fingerprint density at radius 3 is 2.88 bits per heavy atom. The van der Waals surface area contributed by atoms with Gasteiger partial charge in [-0.25, -0.2) is 4.79 Å². The summed E-state index contributed by atoms with van der Waals surface area (Å²) in [5.74, 6) is 0. The minimum absolute atomic E-state index is 0.0475. The highest BCUT2D eigenvalue weighted by Crippen LogP contribution is 2.17. The van der Waals surface area contributed by atoms with Crippen molar-refractivity contribution >= 4 is 6.03 Å². The Hall–Kier alpha value is -0.810. The number of urea groups is 1. The van der Waals surface area contributed by atoms with Crippen LogP contribution in [0.3, 0.4) is 0 Å². The highest BCUT2D eigenvalue weighted by molar-refractivity contribution is 5.74. The third-order valence-electron chi connectivity index (χ3n) is 3.52. The molecule has 1 unspecified atom stereocenters. The van der Waals surface area contributed by atoms with Gasteiger partial charge in [-0.3, -0.25) is 0 Å². The number of carbonyl (C=O) groups excluding carboxylic acids is 1. The molecule has 2 amide bonds. The fourth-order valence-corrected chi connectivity index (χ4v) is 2.50. The van der Waals surface area contributed by atoms with Crippen LogP contribution in [0.15, 0.2) is 0 Å². The molecule has 0 radical (unpaired) electrons.